The topological polar surface area (TPSA) is 82.8 Å². The van der Waals surface area contributed by atoms with Gasteiger partial charge in [-0.25, -0.2) is 0 Å². The molecule has 1 fully saturated rings. The summed E-state index contributed by atoms with van der Waals surface area (Å²) in [6.45, 7) is 1.81. The lowest BCUT2D eigenvalue weighted by atomic mass is 9.99. The number of rotatable bonds is 6. The molecule has 0 bridgehead atoms. The number of hydrogen-bond acceptors (Lipinski definition) is 5. The molecule has 6 heteroatoms. The summed E-state index contributed by atoms with van der Waals surface area (Å²) in [4.78, 5) is 12.1. The van der Waals surface area contributed by atoms with Crippen molar-refractivity contribution >= 4 is 11.6 Å². The molecule has 1 aromatic rings. The van der Waals surface area contributed by atoms with Gasteiger partial charge < -0.3 is 25.3 Å². The van der Waals surface area contributed by atoms with Crippen LogP contribution in [0.5, 0.6) is 5.75 Å². The summed E-state index contributed by atoms with van der Waals surface area (Å²) in [5, 5.41) is 2.79. The van der Waals surface area contributed by atoms with E-state index in [1.807, 2.05) is 0 Å². The van der Waals surface area contributed by atoms with Crippen molar-refractivity contribution in [1.29, 1.82) is 0 Å². The van der Waals surface area contributed by atoms with Crippen molar-refractivity contribution in [1.82, 2.24) is 0 Å². The number of anilines is 1. The highest BCUT2D eigenvalue weighted by atomic mass is 16.5. The lowest BCUT2D eigenvalue weighted by molar-refractivity contribution is -0.121. The summed E-state index contributed by atoms with van der Waals surface area (Å²) in [7, 11) is 1.62. The van der Waals surface area contributed by atoms with Gasteiger partial charge in [-0.15, -0.1) is 0 Å². The van der Waals surface area contributed by atoms with Gasteiger partial charge in [-0.2, -0.15) is 0 Å². The van der Waals surface area contributed by atoms with Crippen LogP contribution in [-0.4, -0.2) is 45.0 Å². The number of methoxy groups -OCH3 is 1. The fourth-order valence-electron chi connectivity index (χ4n) is 1.89. The Balaban J connectivity index is 1.88. The van der Waals surface area contributed by atoms with E-state index >= 15 is 0 Å². The number of carbonyl (C=O) groups excluding carboxylic acids is 1. The SMILES string of the molecule is COCCOc1ccc(NC(=O)C2(N)CCOC2)cc1. The quantitative estimate of drug-likeness (QED) is 0.752. The van der Waals surface area contributed by atoms with Crippen LogP contribution in [0.4, 0.5) is 5.69 Å². The van der Waals surface area contributed by atoms with Crippen molar-refractivity contribution in [3.05, 3.63) is 24.3 Å². The Morgan fingerprint density at radius 1 is 1.40 bits per heavy atom. The average Bonchev–Trinajstić information content (AvgIpc) is 2.89. The van der Waals surface area contributed by atoms with Gasteiger partial charge in [0.1, 0.15) is 17.9 Å². The first kappa shape index (κ1) is 14.8. The zero-order valence-corrected chi connectivity index (χ0v) is 11.6. The van der Waals surface area contributed by atoms with E-state index in [1.54, 1.807) is 31.4 Å². The molecule has 3 N–H and O–H groups in total. The lowest BCUT2D eigenvalue weighted by Gasteiger charge is -2.20. The Kier molecular flexibility index (Phi) is 4.94. The van der Waals surface area contributed by atoms with Crippen LogP contribution in [0.2, 0.25) is 0 Å². The van der Waals surface area contributed by atoms with E-state index in [2.05, 4.69) is 5.32 Å². The molecule has 1 aliphatic heterocycles. The number of nitrogens with two attached hydrogens (primary N) is 1. The highest BCUT2D eigenvalue weighted by molar-refractivity contribution is 5.98. The Hall–Kier alpha value is -1.63. The second kappa shape index (κ2) is 6.69. The minimum Gasteiger partial charge on any atom is -0.491 e. The van der Waals surface area contributed by atoms with Crippen LogP contribution in [0.25, 0.3) is 0 Å². The van der Waals surface area contributed by atoms with Crippen LogP contribution in [0.15, 0.2) is 24.3 Å². The summed E-state index contributed by atoms with van der Waals surface area (Å²) in [5.41, 5.74) is 5.75. The van der Waals surface area contributed by atoms with E-state index < -0.39 is 5.54 Å². The van der Waals surface area contributed by atoms with Crippen molar-refractivity contribution in [3.8, 4) is 5.75 Å². The fraction of sp³-hybridized carbons (Fsp3) is 0.500. The molecule has 20 heavy (non-hydrogen) atoms. The van der Waals surface area contributed by atoms with Crippen molar-refractivity contribution in [3.63, 3.8) is 0 Å². The second-order valence-electron chi connectivity index (χ2n) is 4.78. The summed E-state index contributed by atoms with van der Waals surface area (Å²) in [6, 6.07) is 7.14. The molecule has 1 aliphatic rings. The average molecular weight is 280 g/mol. The summed E-state index contributed by atoms with van der Waals surface area (Å²) >= 11 is 0. The van der Waals surface area contributed by atoms with Crippen LogP contribution in [0.3, 0.4) is 0 Å². The number of ether oxygens (including phenoxy) is 3. The van der Waals surface area contributed by atoms with Crippen LogP contribution in [0.1, 0.15) is 6.42 Å². The smallest absolute Gasteiger partial charge is 0.246 e. The number of amides is 1. The van der Waals surface area contributed by atoms with Gasteiger partial charge in [-0.05, 0) is 30.7 Å². The largest absolute Gasteiger partial charge is 0.491 e. The van der Waals surface area contributed by atoms with E-state index in [-0.39, 0.29) is 12.5 Å². The molecule has 1 heterocycles. The first-order valence-corrected chi connectivity index (χ1v) is 6.54. The molecule has 1 saturated heterocycles. The van der Waals surface area contributed by atoms with Gasteiger partial charge in [0.15, 0.2) is 0 Å². The minimum atomic E-state index is -0.923. The second-order valence-corrected chi connectivity index (χ2v) is 4.78. The van der Waals surface area contributed by atoms with E-state index in [1.165, 1.54) is 0 Å². The maximum atomic E-state index is 12.1. The molecule has 0 aromatic heterocycles. The zero-order valence-electron chi connectivity index (χ0n) is 11.6. The van der Waals surface area contributed by atoms with E-state index in [0.717, 1.165) is 5.75 Å². The molecule has 0 radical (unpaired) electrons. The monoisotopic (exact) mass is 280 g/mol. The van der Waals surface area contributed by atoms with Gasteiger partial charge in [0, 0.05) is 19.4 Å². The lowest BCUT2D eigenvalue weighted by Crippen LogP contribution is -2.51. The first-order chi connectivity index (χ1) is 9.64. The molecular weight excluding hydrogens is 260 g/mol. The molecule has 0 spiro atoms. The molecule has 0 saturated carbocycles. The van der Waals surface area contributed by atoms with Gasteiger partial charge >= 0.3 is 0 Å². The molecule has 6 nitrogen and oxygen atoms in total. The van der Waals surface area contributed by atoms with E-state index in [0.29, 0.717) is 31.9 Å². The standard InChI is InChI=1S/C14H20N2O4/c1-18-8-9-20-12-4-2-11(3-5-12)16-13(17)14(15)6-7-19-10-14/h2-5H,6-10,15H2,1H3,(H,16,17). The molecular formula is C14H20N2O4. The molecule has 1 atom stereocenters. The third-order valence-electron chi connectivity index (χ3n) is 3.17. The minimum absolute atomic E-state index is 0.219. The van der Waals surface area contributed by atoms with Gasteiger partial charge in [0.05, 0.1) is 13.2 Å². The third kappa shape index (κ3) is 3.69. The van der Waals surface area contributed by atoms with Crippen molar-refractivity contribution in [2.75, 3.05) is 38.9 Å². The number of benzene rings is 1. The summed E-state index contributed by atoms with van der Waals surface area (Å²) in [6.07, 6.45) is 0.539. The van der Waals surface area contributed by atoms with Gasteiger partial charge in [0.2, 0.25) is 5.91 Å². The summed E-state index contributed by atoms with van der Waals surface area (Å²) < 4.78 is 15.5. The van der Waals surface area contributed by atoms with Crippen LogP contribution in [0, 0.1) is 0 Å². The first-order valence-electron chi connectivity index (χ1n) is 6.54. The number of nitrogens with one attached hydrogen (secondary N) is 1. The number of carbonyl (C=O) groups is 1. The fourth-order valence-corrected chi connectivity index (χ4v) is 1.89. The summed E-state index contributed by atoms with van der Waals surface area (Å²) in [5.74, 6) is 0.509. The van der Waals surface area contributed by atoms with Gasteiger partial charge in [-0.1, -0.05) is 0 Å². The Bertz CT molecular complexity index is 441. The van der Waals surface area contributed by atoms with Gasteiger partial charge in [-0.3, -0.25) is 4.79 Å². The van der Waals surface area contributed by atoms with E-state index in [4.69, 9.17) is 19.9 Å². The molecule has 1 aromatic carbocycles. The Morgan fingerprint density at radius 2 is 2.15 bits per heavy atom. The molecule has 110 valence electrons. The third-order valence-corrected chi connectivity index (χ3v) is 3.17. The van der Waals surface area contributed by atoms with Crippen molar-refractivity contribution in [2.45, 2.75) is 12.0 Å². The molecule has 1 amide bonds. The Morgan fingerprint density at radius 3 is 2.75 bits per heavy atom. The molecule has 1 unspecified atom stereocenters. The highest BCUT2D eigenvalue weighted by Crippen LogP contribution is 2.20. The number of hydrogen-bond donors (Lipinski definition) is 2. The van der Waals surface area contributed by atoms with Gasteiger partial charge in [0.25, 0.3) is 0 Å². The van der Waals surface area contributed by atoms with E-state index in [9.17, 15) is 4.79 Å². The normalized spacial score (nSPS) is 21.7. The van der Waals surface area contributed by atoms with Crippen LogP contribution < -0.4 is 15.8 Å². The maximum Gasteiger partial charge on any atom is 0.246 e. The predicted molar refractivity (Wildman–Crippen MR) is 74.8 cm³/mol. The maximum absolute atomic E-state index is 12.1. The highest BCUT2D eigenvalue weighted by Gasteiger charge is 2.38. The van der Waals surface area contributed by atoms with Crippen LogP contribution >= 0.6 is 0 Å². The van der Waals surface area contributed by atoms with Crippen LogP contribution in [-0.2, 0) is 14.3 Å². The zero-order chi connectivity index (χ0) is 14.4. The predicted octanol–water partition coefficient (Wildman–Crippen LogP) is 0.768. The van der Waals surface area contributed by atoms with Crippen molar-refractivity contribution in [2.24, 2.45) is 5.73 Å². The molecule has 2 rings (SSSR count). The van der Waals surface area contributed by atoms with Crippen molar-refractivity contribution < 1.29 is 19.0 Å². The molecule has 0 aliphatic carbocycles. The Labute approximate surface area is 118 Å².